The largest absolute Gasteiger partial charge is 0.380 e. The molecule has 0 unspecified atom stereocenters. The highest BCUT2D eigenvalue weighted by Gasteiger charge is 2.18. The van der Waals surface area contributed by atoms with Gasteiger partial charge in [0.05, 0.1) is 10.5 Å². The Morgan fingerprint density at radius 3 is 2.65 bits per heavy atom. The van der Waals surface area contributed by atoms with Crippen LogP contribution in [-0.2, 0) is 13.9 Å². The summed E-state index contributed by atoms with van der Waals surface area (Å²) < 4.78 is 30.4. The second-order valence-corrected chi connectivity index (χ2v) is 5.41. The standard InChI is InChI=1S/C10H12BrNO4S/c1-3-12-17(14,15)9-6-8(10(13)16-11)5-4-7(9)2/h4-6,12H,3H2,1-2H3. The van der Waals surface area contributed by atoms with E-state index in [1.807, 2.05) is 0 Å². The van der Waals surface area contributed by atoms with Crippen molar-refractivity contribution < 1.29 is 17.0 Å². The van der Waals surface area contributed by atoms with Crippen molar-refractivity contribution in [2.24, 2.45) is 0 Å². The average Bonchev–Trinajstić information content (AvgIpc) is 2.28. The molecule has 94 valence electrons. The zero-order valence-corrected chi connectivity index (χ0v) is 11.8. The van der Waals surface area contributed by atoms with E-state index >= 15 is 0 Å². The number of rotatable bonds is 4. The number of halogens is 1. The Bertz CT molecular complexity index is 527. The lowest BCUT2D eigenvalue weighted by Gasteiger charge is -2.08. The van der Waals surface area contributed by atoms with Gasteiger partial charge < -0.3 is 3.83 Å². The number of sulfonamides is 1. The fourth-order valence-corrected chi connectivity index (χ4v) is 2.83. The first kappa shape index (κ1) is 14.1. The first-order chi connectivity index (χ1) is 7.92. The minimum atomic E-state index is -3.58. The predicted molar refractivity (Wildman–Crippen MR) is 66.4 cm³/mol. The molecule has 0 amide bonds. The predicted octanol–water partition coefficient (Wildman–Crippen LogP) is 1.76. The maximum absolute atomic E-state index is 11.8. The second-order valence-electron chi connectivity index (χ2n) is 3.35. The van der Waals surface area contributed by atoms with Gasteiger partial charge in [0.1, 0.15) is 0 Å². The van der Waals surface area contributed by atoms with E-state index in [0.717, 1.165) is 0 Å². The topological polar surface area (TPSA) is 72.5 Å². The van der Waals surface area contributed by atoms with Gasteiger partial charge >= 0.3 is 5.97 Å². The molecule has 0 aliphatic heterocycles. The van der Waals surface area contributed by atoms with E-state index in [2.05, 4.69) is 24.8 Å². The van der Waals surface area contributed by atoms with Gasteiger partial charge in [0, 0.05) is 6.54 Å². The molecule has 1 N–H and O–H groups in total. The molecule has 0 bridgehead atoms. The number of aryl methyl sites for hydroxylation is 1. The maximum atomic E-state index is 11.8. The lowest BCUT2D eigenvalue weighted by Crippen LogP contribution is -2.24. The zero-order chi connectivity index (χ0) is 13.1. The highest BCUT2D eigenvalue weighted by atomic mass is 79.9. The molecule has 7 heteroatoms. The van der Waals surface area contributed by atoms with Crippen LogP contribution in [0.25, 0.3) is 0 Å². The summed E-state index contributed by atoms with van der Waals surface area (Å²) in [5.41, 5.74) is 0.737. The van der Waals surface area contributed by atoms with Crippen LogP contribution in [0, 0.1) is 6.92 Å². The third-order valence-electron chi connectivity index (χ3n) is 2.12. The molecule has 1 aromatic rings. The minimum absolute atomic E-state index is 0.0785. The van der Waals surface area contributed by atoms with E-state index in [1.54, 1.807) is 19.9 Å². The van der Waals surface area contributed by atoms with Gasteiger partial charge in [-0.2, -0.15) is 0 Å². The smallest absolute Gasteiger partial charge is 0.349 e. The molecular formula is C10H12BrNO4S. The van der Waals surface area contributed by atoms with Crippen molar-refractivity contribution in [1.82, 2.24) is 4.72 Å². The van der Waals surface area contributed by atoms with Gasteiger partial charge in [0.15, 0.2) is 16.3 Å². The molecule has 0 spiro atoms. The van der Waals surface area contributed by atoms with Gasteiger partial charge in [-0.1, -0.05) is 13.0 Å². The number of nitrogens with one attached hydrogen (secondary N) is 1. The van der Waals surface area contributed by atoms with E-state index in [4.69, 9.17) is 0 Å². The molecule has 0 radical (unpaired) electrons. The van der Waals surface area contributed by atoms with Crippen molar-refractivity contribution in [3.63, 3.8) is 0 Å². The summed E-state index contributed by atoms with van der Waals surface area (Å²) in [6, 6.07) is 4.35. The van der Waals surface area contributed by atoms with E-state index < -0.39 is 16.0 Å². The first-order valence-electron chi connectivity index (χ1n) is 4.85. The van der Waals surface area contributed by atoms with E-state index in [0.29, 0.717) is 5.56 Å². The Kier molecular flexibility index (Phi) is 4.67. The Morgan fingerprint density at radius 1 is 1.47 bits per heavy atom. The number of benzene rings is 1. The van der Waals surface area contributed by atoms with Crippen LogP contribution < -0.4 is 4.72 Å². The van der Waals surface area contributed by atoms with E-state index in [-0.39, 0.29) is 17.0 Å². The normalized spacial score (nSPS) is 11.2. The molecule has 0 atom stereocenters. The van der Waals surface area contributed by atoms with E-state index in [1.165, 1.54) is 12.1 Å². The zero-order valence-electron chi connectivity index (χ0n) is 9.36. The number of hydrogen-bond donors (Lipinski definition) is 1. The van der Waals surface area contributed by atoms with Crippen LogP contribution in [0.5, 0.6) is 0 Å². The van der Waals surface area contributed by atoms with Crippen molar-refractivity contribution in [1.29, 1.82) is 0 Å². The fourth-order valence-electron chi connectivity index (χ4n) is 1.33. The summed E-state index contributed by atoms with van der Waals surface area (Å²) >= 11 is 2.56. The molecule has 17 heavy (non-hydrogen) atoms. The van der Waals surface area contributed by atoms with Gasteiger partial charge in [-0.25, -0.2) is 17.9 Å². The highest BCUT2D eigenvalue weighted by molar-refractivity contribution is 9.06. The molecule has 0 aliphatic carbocycles. The quantitative estimate of drug-likeness (QED) is 0.917. The van der Waals surface area contributed by atoms with E-state index in [9.17, 15) is 13.2 Å². The van der Waals surface area contributed by atoms with Crippen molar-refractivity contribution in [2.45, 2.75) is 18.7 Å². The third kappa shape index (κ3) is 3.27. The summed E-state index contributed by atoms with van der Waals surface area (Å²) in [5.74, 6) is -0.641. The summed E-state index contributed by atoms with van der Waals surface area (Å²) in [6.45, 7) is 3.63. The van der Waals surface area contributed by atoms with Crippen LogP contribution in [0.3, 0.4) is 0 Å². The van der Waals surface area contributed by atoms with Crippen molar-refractivity contribution >= 4 is 32.3 Å². The molecule has 0 fully saturated rings. The molecular weight excluding hydrogens is 310 g/mol. The van der Waals surface area contributed by atoms with Gasteiger partial charge in [-0.3, -0.25) is 0 Å². The van der Waals surface area contributed by atoms with Crippen LogP contribution in [0.4, 0.5) is 0 Å². The van der Waals surface area contributed by atoms with Gasteiger partial charge in [0.2, 0.25) is 10.0 Å². The third-order valence-corrected chi connectivity index (χ3v) is 4.10. The van der Waals surface area contributed by atoms with Gasteiger partial charge in [-0.15, -0.1) is 0 Å². The Balaban J connectivity index is 3.29. The molecule has 0 aromatic heterocycles. The van der Waals surface area contributed by atoms with Crippen molar-refractivity contribution in [3.8, 4) is 0 Å². The van der Waals surface area contributed by atoms with Crippen LogP contribution in [-0.4, -0.2) is 20.9 Å². The van der Waals surface area contributed by atoms with Gasteiger partial charge in [-0.05, 0) is 24.6 Å². The Labute approximate surface area is 109 Å². The highest BCUT2D eigenvalue weighted by Crippen LogP contribution is 2.18. The molecule has 0 heterocycles. The monoisotopic (exact) mass is 321 g/mol. The lowest BCUT2D eigenvalue weighted by atomic mass is 10.1. The van der Waals surface area contributed by atoms with Crippen molar-refractivity contribution in [3.05, 3.63) is 29.3 Å². The fraction of sp³-hybridized carbons (Fsp3) is 0.300. The van der Waals surface area contributed by atoms with Crippen molar-refractivity contribution in [2.75, 3.05) is 6.54 Å². The Hall–Kier alpha value is -0.920. The van der Waals surface area contributed by atoms with Crippen LogP contribution in [0.15, 0.2) is 23.1 Å². The van der Waals surface area contributed by atoms with Crippen LogP contribution in [0.2, 0.25) is 0 Å². The number of carbonyl (C=O) groups is 1. The molecule has 5 nitrogen and oxygen atoms in total. The summed E-state index contributed by atoms with van der Waals surface area (Å²) in [4.78, 5) is 11.4. The second kappa shape index (κ2) is 5.61. The number of carbonyl (C=O) groups excluding carboxylic acids is 1. The number of hydrogen-bond acceptors (Lipinski definition) is 4. The molecule has 0 aliphatic rings. The van der Waals surface area contributed by atoms with Crippen LogP contribution >= 0.6 is 16.3 Å². The minimum Gasteiger partial charge on any atom is -0.380 e. The lowest BCUT2D eigenvalue weighted by molar-refractivity contribution is 0.0781. The van der Waals surface area contributed by atoms with Crippen LogP contribution in [0.1, 0.15) is 22.8 Å². The summed E-state index contributed by atoms with van der Waals surface area (Å²) in [6.07, 6.45) is 0. The molecule has 1 rings (SSSR count). The molecule has 0 saturated heterocycles. The maximum Gasteiger partial charge on any atom is 0.349 e. The molecule has 0 saturated carbocycles. The summed E-state index contributed by atoms with van der Waals surface area (Å²) in [7, 11) is -3.58. The SMILES string of the molecule is CCNS(=O)(=O)c1cc(C(=O)OBr)ccc1C. The van der Waals surface area contributed by atoms with Gasteiger partial charge in [0.25, 0.3) is 0 Å². The summed E-state index contributed by atoms with van der Waals surface area (Å²) in [5, 5.41) is 0. The average molecular weight is 322 g/mol. The first-order valence-corrected chi connectivity index (χ1v) is 6.98. The molecule has 1 aromatic carbocycles. The Morgan fingerprint density at radius 2 is 2.12 bits per heavy atom.